The molecule has 4 rings (SSSR count). The topological polar surface area (TPSA) is 15.8 Å². The zero-order valence-corrected chi connectivity index (χ0v) is 11.1. The second-order valence-electron chi connectivity index (χ2n) is 5.22. The van der Waals surface area contributed by atoms with Crippen LogP contribution in [0.3, 0.4) is 0 Å². The Labute approximate surface area is 117 Å². The fourth-order valence-electron chi connectivity index (χ4n) is 2.85. The molecule has 0 saturated carbocycles. The molecule has 0 unspecified atom stereocenters. The Hall–Kier alpha value is -2.54. The lowest BCUT2D eigenvalue weighted by atomic mass is 10.0. The van der Waals surface area contributed by atoms with E-state index in [4.69, 9.17) is 0 Å². The summed E-state index contributed by atoms with van der Waals surface area (Å²) in [6, 6.07) is 23.7. The molecule has 0 aliphatic rings. The molecule has 96 valence electrons. The van der Waals surface area contributed by atoms with Crippen LogP contribution in [-0.4, -0.2) is 4.98 Å². The van der Waals surface area contributed by atoms with E-state index in [1.165, 1.54) is 32.8 Å². The van der Waals surface area contributed by atoms with Gasteiger partial charge in [-0.25, -0.2) is 0 Å². The Morgan fingerprint density at radius 3 is 2.50 bits per heavy atom. The van der Waals surface area contributed by atoms with Crippen molar-refractivity contribution in [3.05, 3.63) is 84.1 Å². The molecule has 0 bridgehead atoms. The largest absolute Gasteiger partial charge is 0.361 e. The summed E-state index contributed by atoms with van der Waals surface area (Å²) in [5.41, 5.74) is 3.92. The molecule has 0 atom stereocenters. The van der Waals surface area contributed by atoms with Crippen LogP contribution in [0.5, 0.6) is 0 Å². The average molecular weight is 257 g/mol. The van der Waals surface area contributed by atoms with Gasteiger partial charge >= 0.3 is 0 Å². The molecule has 0 radical (unpaired) electrons. The molecule has 0 amide bonds. The van der Waals surface area contributed by atoms with Gasteiger partial charge in [-0.15, -0.1) is 0 Å². The van der Waals surface area contributed by atoms with Crippen LogP contribution < -0.4 is 0 Å². The van der Waals surface area contributed by atoms with Crippen LogP contribution in [0, 0.1) is 0 Å². The van der Waals surface area contributed by atoms with E-state index in [0.717, 1.165) is 6.42 Å². The maximum Gasteiger partial charge on any atom is 0.0456 e. The number of para-hydroxylation sites is 1. The third-order valence-electron chi connectivity index (χ3n) is 3.88. The van der Waals surface area contributed by atoms with Gasteiger partial charge in [-0.2, -0.15) is 0 Å². The second kappa shape index (κ2) is 4.53. The average Bonchev–Trinajstić information content (AvgIpc) is 2.91. The Morgan fingerprint density at radius 2 is 1.55 bits per heavy atom. The lowest BCUT2D eigenvalue weighted by molar-refractivity contribution is 1.21. The van der Waals surface area contributed by atoms with E-state index in [0.29, 0.717) is 0 Å². The van der Waals surface area contributed by atoms with Gasteiger partial charge in [0.1, 0.15) is 0 Å². The lowest BCUT2D eigenvalue weighted by Gasteiger charge is -2.03. The minimum atomic E-state index is 0.967. The fraction of sp³-hybridized carbons (Fsp3) is 0.0526. The van der Waals surface area contributed by atoms with Gasteiger partial charge in [0.2, 0.25) is 0 Å². The summed E-state index contributed by atoms with van der Waals surface area (Å²) in [5, 5.41) is 3.93. The standard InChI is InChI=1S/C19H15N/c1-2-6-16-11-14(9-10-15(16)5-1)12-17-13-20-19-8-4-3-7-18(17)19/h1-11,13,20H,12H2. The Morgan fingerprint density at radius 1 is 0.750 bits per heavy atom. The van der Waals surface area contributed by atoms with Crippen molar-refractivity contribution in [1.29, 1.82) is 0 Å². The van der Waals surface area contributed by atoms with E-state index in [-0.39, 0.29) is 0 Å². The van der Waals surface area contributed by atoms with Crippen molar-refractivity contribution in [2.75, 3.05) is 0 Å². The summed E-state index contributed by atoms with van der Waals surface area (Å²) in [6.07, 6.45) is 3.09. The van der Waals surface area contributed by atoms with Crippen molar-refractivity contribution < 1.29 is 0 Å². The van der Waals surface area contributed by atoms with Crippen LogP contribution in [0.1, 0.15) is 11.1 Å². The van der Waals surface area contributed by atoms with Gasteiger partial charge in [0.05, 0.1) is 0 Å². The van der Waals surface area contributed by atoms with Crippen molar-refractivity contribution in [2.45, 2.75) is 6.42 Å². The Balaban J connectivity index is 1.76. The zero-order chi connectivity index (χ0) is 13.4. The number of H-pyrrole nitrogens is 1. The second-order valence-corrected chi connectivity index (χ2v) is 5.22. The van der Waals surface area contributed by atoms with Crippen LogP contribution in [-0.2, 0) is 6.42 Å². The van der Waals surface area contributed by atoms with Crippen molar-refractivity contribution in [3.63, 3.8) is 0 Å². The molecule has 0 spiro atoms. The number of aromatic amines is 1. The predicted octanol–water partition coefficient (Wildman–Crippen LogP) is 4.91. The summed E-state index contributed by atoms with van der Waals surface area (Å²) in [4.78, 5) is 3.35. The van der Waals surface area contributed by atoms with Crippen LogP contribution in [0.2, 0.25) is 0 Å². The van der Waals surface area contributed by atoms with E-state index in [1.54, 1.807) is 0 Å². The van der Waals surface area contributed by atoms with Gasteiger partial charge < -0.3 is 4.98 Å². The molecule has 0 saturated heterocycles. The van der Waals surface area contributed by atoms with Gasteiger partial charge in [-0.1, -0.05) is 60.7 Å². The number of hydrogen-bond donors (Lipinski definition) is 1. The zero-order valence-electron chi connectivity index (χ0n) is 11.1. The lowest BCUT2D eigenvalue weighted by Crippen LogP contribution is -1.86. The number of benzene rings is 3. The number of fused-ring (bicyclic) bond motifs is 2. The molecular formula is C19H15N. The number of hydrogen-bond acceptors (Lipinski definition) is 0. The first-order chi connectivity index (χ1) is 9.90. The Bertz CT molecular complexity index is 886. The highest BCUT2D eigenvalue weighted by molar-refractivity contribution is 5.85. The molecule has 20 heavy (non-hydrogen) atoms. The normalized spacial score (nSPS) is 11.2. The van der Waals surface area contributed by atoms with E-state index in [2.05, 4.69) is 77.9 Å². The number of nitrogens with one attached hydrogen (secondary N) is 1. The van der Waals surface area contributed by atoms with Gasteiger partial charge in [0.25, 0.3) is 0 Å². The summed E-state index contributed by atoms with van der Waals surface area (Å²) < 4.78 is 0. The predicted molar refractivity (Wildman–Crippen MR) is 85.1 cm³/mol. The molecule has 0 aliphatic carbocycles. The number of rotatable bonds is 2. The molecule has 1 heterocycles. The highest BCUT2D eigenvalue weighted by Gasteiger charge is 2.04. The van der Waals surface area contributed by atoms with Gasteiger partial charge in [-0.05, 0) is 34.4 Å². The first kappa shape index (κ1) is 11.3. The molecular weight excluding hydrogens is 242 g/mol. The molecule has 1 aromatic heterocycles. The molecule has 0 aliphatic heterocycles. The van der Waals surface area contributed by atoms with Crippen LogP contribution in [0.4, 0.5) is 0 Å². The SMILES string of the molecule is c1ccc2cc(Cc3c[nH]c4ccccc34)ccc2c1. The van der Waals surface area contributed by atoms with Crippen LogP contribution >= 0.6 is 0 Å². The van der Waals surface area contributed by atoms with Gasteiger partial charge in [0.15, 0.2) is 0 Å². The first-order valence-corrected chi connectivity index (χ1v) is 6.93. The van der Waals surface area contributed by atoms with Crippen LogP contribution in [0.25, 0.3) is 21.7 Å². The van der Waals surface area contributed by atoms with E-state index < -0.39 is 0 Å². The van der Waals surface area contributed by atoms with E-state index >= 15 is 0 Å². The third kappa shape index (κ3) is 1.88. The highest BCUT2D eigenvalue weighted by atomic mass is 14.7. The van der Waals surface area contributed by atoms with E-state index in [1.807, 2.05) is 0 Å². The summed E-state index contributed by atoms with van der Waals surface area (Å²) in [5.74, 6) is 0. The van der Waals surface area contributed by atoms with Crippen molar-refractivity contribution >= 4 is 21.7 Å². The summed E-state index contributed by atoms with van der Waals surface area (Å²) in [6.45, 7) is 0. The minimum Gasteiger partial charge on any atom is -0.361 e. The summed E-state index contributed by atoms with van der Waals surface area (Å²) in [7, 11) is 0. The minimum absolute atomic E-state index is 0.967. The Kier molecular flexibility index (Phi) is 2.56. The van der Waals surface area contributed by atoms with Crippen molar-refractivity contribution in [3.8, 4) is 0 Å². The van der Waals surface area contributed by atoms with Gasteiger partial charge in [0, 0.05) is 17.1 Å². The molecule has 4 aromatic rings. The molecule has 1 heteroatoms. The summed E-state index contributed by atoms with van der Waals surface area (Å²) >= 11 is 0. The third-order valence-corrected chi connectivity index (χ3v) is 3.88. The maximum atomic E-state index is 3.35. The molecule has 3 aromatic carbocycles. The molecule has 1 nitrogen and oxygen atoms in total. The smallest absolute Gasteiger partial charge is 0.0456 e. The fourth-order valence-corrected chi connectivity index (χ4v) is 2.85. The van der Waals surface area contributed by atoms with Crippen molar-refractivity contribution in [1.82, 2.24) is 4.98 Å². The van der Waals surface area contributed by atoms with Crippen LogP contribution in [0.15, 0.2) is 72.9 Å². The van der Waals surface area contributed by atoms with Crippen molar-refractivity contribution in [2.24, 2.45) is 0 Å². The highest BCUT2D eigenvalue weighted by Crippen LogP contribution is 2.23. The molecule has 1 N–H and O–H groups in total. The number of aromatic nitrogens is 1. The van der Waals surface area contributed by atoms with Gasteiger partial charge in [-0.3, -0.25) is 0 Å². The quantitative estimate of drug-likeness (QED) is 0.525. The van der Waals surface area contributed by atoms with E-state index in [9.17, 15) is 0 Å². The molecule has 0 fully saturated rings. The maximum absolute atomic E-state index is 3.35. The monoisotopic (exact) mass is 257 g/mol. The first-order valence-electron chi connectivity index (χ1n) is 6.93.